The van der Waals surface area contributed by atoms with E-state index in [-0.39, 0.29) is 22.7 Å². The fourth-order valence-corrected chi connectivity index (χ4v) is 1.63. The highest BCUT2D eigenvalue weighted by Crippen LogP contribution is 2.29. The van der Waals surface area contributed by atoms with Crippen molar-refractivity contribution >= 4 is 17.3 Å². The molecule has 0 saturated carbocycles. The van der Waals surface area contributed by atoms with Crippen molar-refractivity contribution in [3.05, 3.63) is 53.3 Å². The second kappa shape index (κ2) is 5.48. The molecule has 0 amide bonds. The van der Waals surface area contributed by atoms with Crippen molar-refractivity contribution in [1.82, 2.24) is 0 Å². The highest BCUT2D eigenvalue weighted by molar-refractivity contribution is 5.92. The summed E-state index contributed by atoms with van der Waals surface area (Å²) in [6.45, 7) is 1.55. The third-order valence-electron chi connectivity index (χ3n) is 2.64. The number of aryl methyl sites for hydroxylation is 1. The molecule has 0 heterocycles. The minimum atomic E-state index is -1.27. The normalized spacial score (nSPS) is 10.9. The summed E-state index contributed by atoms with van der Waals surface area (Å²) in [4.78, 5) is 11.0. The highest BCUT2D eigenvalue weighted by Gasteiger charge is 2.13. The number of carboxylic acid groups (broad SMARTS) is 1. The topological polar surface area (TPSA) is 82.2 Å². The number of hydrogen-bond donors (Lipinski definition) is 2. The maximum absolute atomic E-state index is 13.4. The lowest BCUT2D eigenvalue weighted by molar-refractivity contribution is 0.0693. The monoisotopic (exact) mass is 274 g/mol. The number of benzene rings is 2. The van der Waals surface area contributed by atoms with Crippen LogP contribution in [0.2, 0.25) is 0 Å². The molecule has 0 aromatic heterocycles. The van der Waals surface area contributed by atoms with Gasteiger partial charge < -0.3 is 10.2 Å². The van der Waals surface area contributed by atoms with Gasteiger partial charge in [0.2, 0.25) is 0 Å². The van der Waals surface area contributed by atoms with Gasteiger partial charge in [-0.15, -0.1) is 5.11 Å². The second-order valence-corrected chi connectivity index (χ2v) is 4.12. The van der Waals surface area contributed by atoms with Gasteiger partial charge in [0.05, 0.1) is 5.69 Å². The lowest BCUT2D eigenvalue weighted by Gasteiger charge is -2.04. The molecule has 0 bridgehead atoms. The van der Waals surface area contributed by atoms with E-state index in [9.17, 15) is 14.3 Å². The first-order valence-electron chi connectivity index (χ1n) is 5.72. The van der Waals surface area contributed by atoms with E-state index in [1.54, 1.807) is 13.0 Å². The number of phenols is 1. The number of rotatable bonds is 3. The van der Waals surface area contributed by atoms with Crippen LogP contribution in [0.25, 0.3) is 0 Å². The van der Waals surface area contributed by atoms with Crippen molar-refractivity contribution in [3.8, 4) is 5.75 Å². The Morgan fingerprint density at radius 3 is 2.55 bits per heavy atom. The molecular formula is C14H11FN2O3. The van der Waals surface area contributed by atoms with Gasteiger partial charge in [0, 0.05) is 0 Å². The van der Waals surface area contributed by atoms with Crippen molar-refractivity contribution < 1.29 is 19.4 Å². The van der Waals surface area contributed by atoms with Crippen molar-refractivity contribution in [3.63, 3.8) is 0 Å². The van der Waals surface area contributed by atoms with E-state index in [2.05, 4.69) is 10.2 Å². The Morgan fingerprint density at radius 2 is 1.90 bits per heavy atom. The van der Waals surface area contributed by atoms with Gasteiger partial charge in [0.25, 0.3) is 0 Å². The molecular weight excluding hydrogens is 263 g/mol. The predicted octanol–water partition coefficient (Wildman–Crippen LogP) is 3.95. The summed E-state index contributed by atoms with van der Waals surface area (Å²) in [5, 5.41) is 26.1. The number of aromatic hydroxyl groups is 1. The zero-order valence-corrected chi connectivity index (χ0v) is 10.5. The van der Waals surface area contributed by atoms with Gasteiger partial charge in [-0.05, 0) is 36.8 Å². The fraction of sp³-hybridized carbons (Fsp3) is 0.0714. The van der Waals surface area contributed by atoms with E-state index in [0.29, 0.717) is 5.56 Å². The summed E-state index contributed by atoms with van der Waals surface area (Å²) >= 11 is 0. The first-order chi connectivity index (χ1) is 9.49. The van der Waals surface area contributed by atoms with Gasteiger partial charge in [0.1, 0.15) is 17.0 Å². The highest BCUT2D eigenvalue weighted by atomic mass is 19.1. The third kappa shape index (κ3) is 2.80. The van der Waals surface area contributed by atoms with Crippen LogP contribution in [0.4, 0.5) is 15.8 Å². The average Bonchev–Trinajstić information content (AvgIpc) is 2.41. The van der Waals surface area contributed by atoms with Crippen LogP contribution in [0.3, 0.4) is 0 Å². The summed E-state index contributed by atoms with van der Waals surface area (Å²) in [6.07, 6.45) is 0. The minimum absolute atomic E-state index is 0.0510. The molecule has 0 aliphatic carbocycles. The smallest absolute Gasteiger partial charge is 0.339 e. The van der Waals surface area contributed by atoms with Gasteiger partial charge >= 0.3 is 5.97 Å². The Hall–Kier alpha value is -2.76. The molecule has 0 fully saturated rings. The van der Waals surface area contributed by atoms with E-state index in [4.69, 9.17) is 5.11 Å². The fourth-order valence-electron chi connectivity index (χ4n) is 1.63. The molecule has 20 heavy (non-hydrogen) atoms. The van der Waals surface area contributed by atoms with Gasteiger partial charge in [-0.3, -0.25) is 0 Å². The quantitative estimate of drug-likeness (QED) is 0.831. The molecule has 0 spiro atoms. The zero-order valence-electron chi connectivity index (χ0n) is 10.5. The minimum Gasteiger partial charge on any atom is -0.507 e. The van der Waals surface area contributed by atoms with Crippen molar-refractivity contribution in [2.75, 3.05) is 0 Å². The number of azo groups is 1. The molecule has 0 radical (unpaired) electrons. The standard InChI is InChI=1S/C14H11FN2O3/c1-8-6-9(7-10(13(8)18)14(19)20)16-17-12-5-3-2-4-11(12)15/h2-7,18H,1H3,(H,19,20). The van der Waals surface area contributed by atoms with Crippen LogP contribution in [0.15, 0.2) is 46.6 Å². The van der Waals surface area contributed by atoms with Gasteiger partial charge in [0.15, 0.2) is 5.82 Å². The SMILES string of the molecule is Cc1cc(N=Nc2ccccc2F)cc(C(=O)O)c1O. The van der Waals surface area contributed by atoms with Crippen molar-refractivity contribution in [1.29, 1.82) is 0 Å². The van der Waals surface area contributed by atoms with Crippen LogP contribution in [0.5, 0.6) is 5.75 Å². The van der Waals surface area contributed by atoms with Gasteiger partial charge in [-0.2, -0.15) is 5.11 Å². The molecule has 2 aromatic carbocycles. The number of carboxylic acids is 1. The number of aromatic carboxylic acids is 1. The molecule has 2 rings (SSSR count). The van der Waals surface area contributed by atoms with E-state index in [0.717, 1.165) is 0 Å². The summed E-state index contributed by atoms with van der Waals surface area (Å²) in [5.41, 5.74) is 0.357. The molecule has 102 valence electrons. The maximum atomic E-state index is 13.4. The zero-order chi connectivity index (χ0) is 14.7. The molecule has 6 heteroatoms. The Morgan fingerprint density at radius 1 is 1.20 bits per heavy atom. The first kappa shape index (κ1) is 13.7. The number of hydrogen-bond acceptors (Lipinski definition) is 4. The van der Waals surface area contributed by atoms with Gasteiger partial charge in [-0.25, -0.2) is 9.18 Å². The molecule has 5 nitrogen and oxygen atoms in total. The van der Waals surface area contributed by atoms with E-state index >= 15 is 0 Å². The molecule has 0 atom stereocenters. The molecule has 0 aliphatic rings. The summed E-state index contributed by atoms with van der Waals surface area (Å²) in [5.74, 6) is -2.11. The second-order valence-electron chi connectivity index (χ2n) is 4.12. The maximum Gasteiger partial charge on any atom is 0.339 e. The van der Waals surface area contributed by atoms with Crippen LogP contribution in [-0.2, 0) is 0 Å². The first-order valence-corrected chi connectivity index (χ1v) is 5.72. The summed E-state index contributed by atoms with van der Waals surface area (Å²) in [6, 6.07) is 8.48. The molecule has 0 saturated heterocycles. The Labute approximate surface area is 114 Å². The van der Waals surface area contributed by atoms with Crippen LogP contribution in [0, 0.1) is 12.7 Å². The van der Waals surface area contributed by atoms with Crippen molar-refractivity contribution in [2.24, 2.45) is 10.2 Å². The Bertz CT molecular complexity index is 699. The number of carbonyl (C=O) groups is 1. The van der Waals surface area contributed by atoms with E-state index in [1.807, 2.05) is 0 Å². The molecule has 2 aromatic rings. The lowest BCUT2D eigenvalue weighted by atomic mass is 10.1. The number of nitrogens with zero attached hydrogens (tertiary/aromatic N) is 2. The van der Waals surface area contributed by atoms with Crippen LogP contribution < -0.4 is 0 Å². The van der Waals surface area contributed by atoms with Crippen LogP contribution >= 0.6 is 0 Å². The third-order valence-corrected chi connectivity index (χ3v) is 2.64. The van der Waals surface area contributed by atoms with Crippen molar-refractivity contribution in [2.45, 2.75) is 6.92 Å². The van der Waals surface area contributed by atoms with E-state index in [1.165, 1.54) is 30.3 Å². The molecule has 0 unspecified atom stereocenters. The predicted molar refractivity (Wildman–Crippen MR) is 70.4 cm³/mol. The number of halogens is 1. The summed E-state index contributed by atoms with van der Waals surface area (Å²) in [7, 11) is 0. The summed E-state index contributed by atoms with van der Waals surface area (Å²) < 4.78 is 13.4. The van der Waals surface area contributed by atoms with Crippen LogP contribution in [0.1, 0.15) is 15.9 Å². The van der Waals surface area contributed by atoms with Gasteiger partial charge in [-0.1, -0.05) is 12.1 Å². The Balaban J connectivity index is 2.40. The largest absolute Gasteiger partial charge is 0.507 e. The average molecular weight is 274 g/mol. The molecule has 0 aliphatic heterocycles. The van der Waals surface area contributed by atoms with Crippen LogP contribution in [-0.4, -0.2) is 16.2 Å². The van der Waals surface area contributed by atoms with E-state index < -0.39 is 11.8 Å². The lowest BCUT2D eigenvalue weighted by Crippen LogP contribution is -1.97. The molecule has 2 N–H and O–H groups in total. The Kier molecular flexibility index (Phi) is 3.74.